The van der Waals surface area contributed by atoms with Crippen LogP contribution in [0.1, 0.15) is 12.8 Å². The first-order valence-electron chi connectivity index (χ1n) is 3.49. The minimum Gasteiger partial charge on any atom is -0.353 e. The van der Waals surface area contributed by atoms with Crippen LogP contribution in [0.2, 0.25) is 0 Å². The molecule has 0 unspecified atom stereocenters. The second kappa shape index (κ2) is 2.34. The van der Waals surface area contributed by atoms with Crippen LogP contribution in [0, 0.1) is 0 Å². The molecule has 11 heavy (non-hydrogen) atoms. The van der Waals surface area contributed by atoms with E-state index in [4.69, 9.17) is 4.84 Å². The molecule has 0 saturated heterocycles. The lowest BCUT2D eigenvalue weighted by atomic mass is 10.0. The number of hydrogen-bond donors (Lipinski definition) is 0. The Morgan fingerprint density at radius 2 is 2.36 bits per heavy atom. The third kappa shape index (κ3) is 0.981. The average Bonchev–Trinajstić information content (AvgIpc) is 2.06. The van der Waals surface area contributed by atoms with E-state index >= 15 is 0 Å². The fourth-order valence-electron chi connectivity index (χ4n) is 1.17. The van der Waals surface area contributed by atoms with Crippen LogP contribution in [0.25, 0.3) is 0 Å². The molecule has 1 aliphatic heterocycles. The van der Waals surface area contributed by atoms with Crippen LogP contribution < -0.4 is 0 Å². The summed E-state index contributed by atoms with van der Waals surface area (Å²) in [7, 11) is 0. The van der Waals surface area contributed by atoms with Gasteiger partial charge in [0, 0.05) is 12.6 Å². The monoisotopic (exact) mass is 149 g/mol. The number of ketones is 1. The summed E-state index contributed by atoms with van der Waals surface area (Å²) in [5.74, 6) is 0.359. The van der Waals surface area contributed by atoms with E-state index in [2.05, 4.69) is 5.16 Å². The Balaban J connectivity index is 2.33. The Bertz CT molecular complexity index is 282. The van der Waals surface area contributed by atoms with E-state index in [0.29, 0.717) is 5.76 Å². The van der Waals surface area contributed by atoms with Crippen molar-refractivity contribution in [2.45, 2.75) is 12.8 Å². The van der Waals surface area contributed by atoms with Crippen LogP contribution in [0.15, 0.2) is 28.6 Å². The molecule has 0 bridgehead atoms. The van der Waals surface area contributed by atoms with E-state index in [-0.39, 0.29) is 5.78 Å². The number of carbonyl (C=O) groups is 1. The molecule has 1 aliphatic carbocycles. The van der Waals surface area contributed by atoms with Crippen molar-refractivity contribution in [2.24, 2.45) is 5.16 Å². The van der Waals surface area contributed by atoms with E-state index < -0.39 is 0 Å². The first-order valence-corrected chi connectivity index (χ1v) is 3.49. The minimum atomic E-state index is -0.0666. The fraction of sp³-hybridized carbons (Fsp3) is 0.250. The predicted molar refractivity (Wildman–Crippen MR) is 40.0 cm³/mol. The maximum atomic E-state index is 11.1. The predicted octanol–water partition coefficient (Wildman–Crippen LogP) is 1.18. The van der Waals surface area contributed by atoms with Crippen molar-refractivity contribution < 1.29 is 9.63 Å². The van der Waals surface area contributed by atoms with Crippen molar-refractivity contribution in [3.05, 3.63) is 23.5 Å². The third-order valence-corrected chi connectivity index (χ3v) is 1.73. The summed E-state index contributed by atoms with van der Waals surface area (Å²) in [5.41, 5.74) is 1.03. The molecule has 2 aliphatic rings. The molecule has 0 spiro atoms. The maximum absolute atomic E-state index is 11.1. The van der Waals surface area contributed by atoms with Crippen LogP contribution in [0.5, 0.6) is 0 Å². The zero-order valence-electron chi connectivity index (χ0n) is 5.91. The average molecular weight is 149 g/mol. The summed E-state index contributed by atoms with van der Waals surface area (Å²) in [5, 5.41) is 3.57. The highest BCUT2D eigenvalue weighted by atomic mass is 16.6. The van der Waals surface area contributed by atoms with E-state index in [9.17, 15) is 4.79 Å². The maximum Gasteiger partial charge on any atom is 0.223 e. The molecular weight excluding hydrogens is 142 g/mol. The Hall–Kier alpha value is -1.38. The highest BCUT2D eigenvalue weighted by molar-refractivity contribution is 6.04. The molecule has 2 rings (SSSR count). The lowest BCUT2D eigenvalue weighted by molar-refractivity contribution is -0.114. The number of oxime groups is 1. The number of allylic oxidation sites excluding steroid dienone is 3. The molecule has 0 aromatic rings. The largest absolute Gasteiger partial charge is 0.353 e. The van der Waals surface area contributed by atoms with Crippen molar-refractivity contribution in [2.75, 3.05) is 0 Å². The normalized spacial score (nSPS) is 21.6. The van der Waals surface area contributed by atoms with Gasteiger partial charge in [-0.2, -0.15) is 0 Å². The van der Waals surface area contributed by atoms with Gasteiger partial charge in [-0.1, -0.05) is 11.2 Å². The lowest BCUT2D eigenvalue weighted by Gasteiger charge is -2.14. The van der Waals surface area contributed by atoms with Crippen molar-refractivity contribution in [1.82, 2.24) is 0 Å². The van der Waals surface area contributed by atoms with Gasteiger partial charge in [-0.15, -0.1) is 0 Å². The summed E-state index contributed by atoms with van der Waals surface area (Å²) < 4.78 is 0. The van der Waals surface area contributed by atoms with Crippen LogP contribution in [-0.4, -0.2) is 12.0 Å². The van der Waals surface area contributed by atoms with Crippen LogP contribution in [0.4, 0.5) is 0 Å². The Kier molecular flexibility index (Phi) is 1.35. The number of nitrogens with zero attached hydrogens (tertiary/aromatic N) is 1. The van der Waals surface area contributed by atoms with Crippen LogP contribution >= 0.6 is 0 Å². The summed E-state index contributed by atoms with van der Waals surface area (Å²) in [6, 6.07) is 0. The van der Waals surface area contributed by atoms with E-state index in [0.717, 1.165) is 18.4 Å². The standard InChI is InChI=1S/C8H7NO2/c10-7-3-1-2-6-4-5-9-11-8(6)7/h1,3,5H,2,4H2. The second-order valence-electron chi connectivity index (χ2n) is 2.49. The smallest absolute Gasteiger partial charge is 0.223 e. The van der Waals surface area contributed by atoms with Crippen LogP contribution in [0.3, 0.4) is 0 Å². The first kappa shape index (κ1) is 6.34. The topological polar surface area (TPSA) is 38.7 Å². The molecular formula is C8H7NO2. The van der Waals surface area contributed by atoms with Crippen molar-refractivity contribution in [3.8, 4) is 0 Å². The molecule has 0 aromatic carbocycles. The van der Waals surface area contributed by atoms with Gasteiger partial charge in [0.1, 0.15) is 0 Å². The first-order chi connectivity index (χ1) is 5.38. The molecule has 0 amide bonds. The van der Waals surface area contributed by atoms with Gasteiger partial charge in [-0.25, -0.2) is 0 Å². The van der Waals surface area contributed by atoms with Gasteiger partial charge >= 0.3 is 0 Å². The zero-order valence-corrected chi connectivity index (χ0v) is 5.91. The molecule has 0 N–H and O–H groups in total. The number of carbonyl (C=O) groups excluding carboxylic acids is 1. The molecule has 0 radical (unpaired) electrons. The molecule has 0 atom stereocenters. The van der Waals surface area contributed by atoms with Gasteiger partial charge in [-0.05, 0) is 18.1 Å². The molecule has 0 aromatic heterocycles. The van der Waals surface area contributed by atoms with Crippen molar-refractivity contribution in [1.29, 1.82) is 0 Å². The molecule has 0 fully saturated rings. The zero-order chi connectivity index (χ0) is 7.68. The Morgan fingerprint density at radius 3 is 3.18 bits per heavy atom. The molecule has 0 saturated carbocycles. The van der Waals surface area contributed by atoms with Gasteiger partial charge in [-0.3, -0.25) is 4.79 Å². The highest BCUT2D eigenvalue weighted by Crippen LogP contribution is 2.22. The van der Waals surface area contributed by atoms with Gasteiger partial charge < -0.3 is 4.84 Å². The van der Waals surface area contributed by atoms with E-state index in [1.807, 2.05) is 6.08 Å². The quantitative estimate of drug-likeness (QED) is 0.518. The number of hydrogen-bond acceptors (Lipinski definition) is 3. The Labute approximate surface area is 64.0 Å². The van der Waals surface area contributed by atoms with Gasteiger partial charge in [0.15, 0.2) is 0 Å². The van der Waals surface area contributed by atoms with Crippen LogP contribution in [-0.2, 0) is 9.63 Å². The summed E-state index contributed by atoms with van der Waals surface area (Å²) in [4.78, 5) is 15.9. The molecule has 56 valence electrons. The SMILES string of the molecule is O=C1C=CCC2=C1ON=CC2. The second-order valence-corrected chi connectivity index (χ2v) is 2.49. The lowest BCUT2D eigenvalue weighted by Crippen LogP contribution is -2.11. The van der Waals surface area contributed by atoms with Crippen molar-refractivity contribution in [3.63, 3.8) is 0 Å². The third-order valence-electron chi connectivity index (χ3n) is 1.73. The van der Waals surface area contributed by atoms with E-state index in [1.165, 1.54) is 6.08 Å². The number of rotatable bonds is 0. The minimum absolute atomic E-state index is 0.0666. The van der Waals surface area contributed by atoms with Gasteiger partial charge in [0.25, 0.3) is 0 Å². The van der Waals surface area contributed by atoms with Crippen molar-refractivity contribution >= 4 is 12.0 Å². The molecule has 3 heteroatoms. The summed E-state index contributed by atoms with van der Waals surface area (Å²) in [6.07, 6.45) is 6.60. The Morgan fingerprint density at radius 1 is 1.45 bits per heavy atom. The molecule has 3 nitrogen and oxygen atoms in total. The fourth-order valence-corrected chi connectivity index (χ4v) is 1.17. The summed E-state index contributed by atoms with van der Waals surface area (Å²) in [6.45, 7) is 0. The highest BCUT2D eigenvalue weighted by Gasteiger charge is 2.19. The summed E-state index contributed by atoms with van der Waals surface area (Å²) >= 11 is 0. The molecule has 1 heterocycles. The van der Waals surface area contributed by atoms with Gasteiger partial charge in [0.2, 0.25) is 11.5 Å². The van der Waals surface area contributed by atoms with Gasteiger partial charge in [0.05, 0.1) is 0 Å². The van der Waals surface area contributed by atoms with E-state index in [1.54, 1.807) is 6.21 Å².